The lowest BCUT2D eigenvalue weighted by molar-refractivity contribution is 0.0870. The molecule has 0 amide bonds. The van der Waals surface area contributed by atoms with Crippen LogP contribution in [0.1, 0.15) is 52.8 Å². The Morgan fingerprint density at radius 2 is 2.15 bits per heavy atom. The van der Waals surface area contributed by atoms with Crippen LogP contribution in [0, 0.1) is 5.92 Å². The maximum Gasteiger partial charge on any atom is 0.0765 e. The topological polar surface area (TPSA) is 33.1 Å². The Bertz CT molecular complexity index is 412. The van der Waals surface area contributed by atoms with Gasteiger partial charge in [-0.05, 0) is 32.8 Å². The minimum atomic E-state index is 0.441. The van der Waals surface area contributed by atoms with E-state index in [4.69, 9.17) is 5.10 Å². The summed E-state index contributed by atoms with van der Waals surface area (Å²) < 4.78 is 2.05. The van der Waals surface area contributed by atoms with Crippen molar-refractivity contribution in [1.29, 1.82) is 0 Å². The number of hydrogen-bond donors (Lipinski definition) is 1. The number of nitrogens with zero attached hydrogens (tertiary/aromatic N) is 3. The van der Waals surface area contributed by atoms with Gasteiger partial charge in [-0.1, -0.05) is 20.3 Å². The van der Waals surface area contributed by atoms with Crippen LogP contribution in [0.25, 0.3) is 0 Å². The Kier molecular flexibility index (Phi) is 5.22. The van der Waals surface area contributed by atoms with Crippen LogP contribution in [0.15, 0.2) is 12.3 Å². The van der Waals surface area contributed by atoms with Gasteiger partial charge in [0.15, 0.2) is 0 Å². The molecular weight excluding hydrogens is 248 g/mol. The van der Waals surface area contributed by atoms with Gasteiger partial charge in [-0.3, -0.25) is 9.58 Å². The van der Waals surface area contributed by atoms with E-state index in [1.54, 1.807) is 0 Å². The maximum atomic E-state index is 4.70. The average molecular weight is 278 g/mol. The lowest BCUT2D eigenvalue weighted by Gasteiger charge is -2.41. The van der Waals surface area contributed by atoms with Crippen molar-refractivity contribution in [2.45, 2.75) is 65.7 Å². The Hall–Kier alpha value is -0.870. The molecule has 0 spiro atoms. The molecule has 1 aliphatic rings. The van der Waals surface area contributed by atoms with Crippen LogP contribution in [-0.4, -0.2) is 39.9 Å². The summed E-state index contributed by atoms with van der Waals surface area (Å²) in [6.45, 7) is 14.4. The number of hydrogen-bond acceptors (Lipinski definition) is 3. The second-order valence-corrected chi connectivity index (χ2v) is 6.57. The predicted octanol–water partition coefficient (Wildman–Crippen LogP) is 2.67. The van der Waals surface area contributed by atoms with Gasteiger partial charge in [0.2, 0.25) is 0 Å². The smallest absolute Gasteiger partial charge is 0.0765 e. The highest BCUT2D eigenvalue weighted by molar-refractivity contribution is 5.01. The molecule has 0 saturated carbocycles. The molecule has 0 aliphatic carbocycles. The lowest BCUT2D eigenvalue weighted by atomic mass is 9.94. The van der Waals surface area contributed by atoms with Gasteiger partial charge in [0.1, 0.15) is 0 Å². The van der Waals surface area contributed by atoms with Gasteiger partial charge < -0.3 is 5.32 Å². The largest absolute Gasteiger partial charge is 0.311 e. The molecule has 4 nitrogen and oxygen atoms in total. The molecule has 1 aliphatic heterocycles. The molecule has 3 unspecified atom stereocenters. The predicted molar refractivity (Wildman–Crippen MR) is 83.7 cm³/mol. The third-order valence-corrected chi connectivity index (χ3v) is 4.51. The van der Waals surface area contributed by atoms with Gasteiger partial charge in [-0.25, -0.2) is 0 Å². The van der Waals surface area contributed by atoms with Gasteiger partial charge >= 0.3 is 0 Å². The van der Waals surface area contributed by atoms with Crippen molar-refractivity contribution in [3.05, 3.63) is 18.0 Å². The highest BCUT2D eigenvalue weighted by Gasteiger charge is 2.29. The van der Waals surface area contributed by atoms with E-state index in [2.05, 4.69) is 61.8 Å². The molecular formula is C16H30N4. The molecule has 2 heterocycles. The van der Waals surface area contributed by atoms with Crippen molar-refractivity contribution in [3.8, 4) is 0 Å². The number of rotatable bonds is 5. The lowest BCUT2D eigenvalue weighted by Crippen LogP contribution is -2.57. The third kappa shape index (κ3) is 3.61. The number of nitrogens with one attached hydrogen (secondary N) is 1. The summed E-state index contributed by atoms with van der Waals surface area (Å²) >= 11 is 0. The molecule has 3 atom stereocenters. The second kappa shape index (κ2) is 6.72. The van der Waals surface area contributed by atoms with E-state index in [9.17, 15) is 0 Å². The fraction of sp³-hybridized carbons (Fsp3) is 0.812. The van der Waals surface area contributed by atoms with Gasteiger partial charge in [0.25, 0.3) is 0 Å². The summed E-state index contributed by atoms with van der Waals surface area (Å²) in [6.07, 6.45) is 3.33. The van der Waals surface area contributed by atoms with Crippen LogP contribution in [0.5, 0.6) is 0 Å². The Labute approximate surface area is 123 Å². The zero-order valence-corrected chi connectivity index (χ0v) is 13.6. The molecule has 2 rings (SSSR count). The summed E-state index contributed by atoms with van der Waals surface area (Å²) in [5.74, 6) is 0.724. The third-order valence-electron chi connectivity index (χ3n) is 4.51. The molecule has 20 heavy (non-hydrogen) atoms. The van der Waals surface area contributed by atoms with Crippen molar-refractivity contribution in [2.24, 2.45) is 5.92 Å². The normalized spacial score (nSPS) is 26.1. The highest BCUT2D eigenvalue weighted by atomic mass is 15.3. The summed E-state index contributed by atoms with van der Waals surface area (Å²) in [4.78, 5) is 2.61. The minimum Gasteiger partial charge on any atom is -0.311 e. The van der Waals surface area contributed by atoms with E-state index >= 15 is 0 Å². The minimum absolute atomic E-state index is 0.441. The van der Waals surface area contributed by atoms with E-state index < -0.39 is 0 Å². The quantitative estimate of drug-likeness (QED) is 0.899. The van der Waals surface area contributed by atoms with Gasteiger partial charge in [0, 0.05) is 44.0 Å². The zero-order valence-electron chi connectivity index (χ0n) is 13.6. The van der Waals surface area contributed by atoms with E-state index in [1.165, 1.54) is 12.1 Å². The standard InChI is InChI=1S/C16H30N4/c1-6-13(4)16-9-17-14(5)10-19(16)11-15-7-8-20(18-15)12(2)3/h7-8,12-14,16-17H,6,9-11H2,1-5H3. The monoisotopic (exact) mass is 278 g/mol. The Morgan fingerprint density at radius 3 is 2.75 bits per heavy atom. The van der Waals surface area contributed by atoms with Crippen molar-refractivity contribution < 1.29 is 0 Å². The molecule has 1 fully saturated rings. The van der Waals surface area contributed by atoms with E-state index in [0.29, 0.717) is 18.1 Å². The first-order chi connectivity index (χ1) is 9.51. The van der Waals surface area contributed by atoms with Crippen LogP contribution >= 0.6 is 0 Å². The molecule has 1 saturated heterocycles. The van der Waals surface area contributed by atoms with E-state index in [-0.39, 0.29) is 0 Å². The average Bonchev–Trinajstić information content (AvgIpc) is 2.87. The molecule has 4 heteroatoms. The Balaban J connectivity index is 2.06. The molecule has 114 valence electrons. The maximum absolute atomic E-state index is 4.70. The molecule has 1 aromatic heterocycles. The molecule has 0 bridgehead atoms. The number of aromatic nitrogens is 2. The van der Waals surface area contributed by atoms with Crippen LogP contribution in [0.3, 0.4) is 0 Å². The fourth-order valence-electron chi connectivity index (χ4n) is 2.98. The van der Waals surface area contributed by atoms with Crippen molar-refractivity contribution in [3.63, 3.8) is 0 Å². The van der Waals surface area contributed by atoms with Crippen molar-refractivity contribution in [2.75, 3.05) is 13.1 Å². The van der Waals surface area contributed by atoms with Crippen LogP contribution in [-0.2, 0) is 6.54 Å². The first kappa shape index (κ1) is 15.5. The van der Waals surface area contributed by atoms with Gasteiger partial charge in [-0.15, -0.1) is 0 Å². The van der Waals surface area contributed by atoms with E-state index in [0.717, 1.165) is 25.6 Å². The molecule has 0 radical (unpaired) electrons. The van der Waals surface area contributed by atoms with Crippen molar-refractivity contribution >= 4 is 0 Å². The van der Waals surface area contributed by atoms with Gasteiger partial charge in [0.05, 0.1) is 5.69 Å². The number of piperazine rings is 1. The van der Waals surface area contributed by atoms with Gasteiger partial charge in [-0.2, -0.15) is 5.10 Å². The fourth-order valence-corrected chi connectivity index (χ4v) is 2.98. The second-order valence-electron chi connectivity index (χ2n) is 6.57. The van der Waals surface area contributed by atoms with Crippen molar-refractivity contribution in [1.82, 2.24) is 20.0 Å². The summed E-state index contributed by atoms with van der Waals surface area (Å²) in [5, 5.41) is 8.32. The zero-order chi connectivity index (χ0) is 14.7. The molecule has 0 aromatic carbocycles. The first-order valence-corrected chi connectivity index (χ1v) is 8.02. The SMILES string of the molecule is CCC(C)C1CNC(C)CN1Cc1ccn(C(C)C)n1. The highest BCUT2D eigenvalue weighted by Crippen LogP contribution is 2.20. The summed E-state index contributed by atoms with van der Waals surface area (Å²) in [6, 6.07) is 3.80. The molecule has 1 N–H and O–H groups in total. The van der Waals surface area contributed by atoms with Crippen LogP contribution in [0.4, 0.5) is 0 Å². The van der Waals surface area contributed by atoms with Crippen LogP contribution in [0.2, 0.25) is 0 Å². The van der Waals surface area contributed by atoms with Crippen LogP contribution < -0.4 is 5.32 Å². The van der Waals surface area contributed by atoms with E-state index in [1.807, 2.05) is 0 Å². The molecule has 1 aromatic rings. The summed E-state index contributed by atoms with van der Waals surface area (Å²) in [7, 11) is 0. The Morgan fingerprint density at radius 1 is 1.40 bits per heavy atom. The first-order valence-electron chi connectivity index (χ1n) is 8.02. The summed E-state index contributed by atoms with van der Waals surface area (Å²) in [5.41, 5.74) is 1.20.